The first kappa shape index (κ1) is 14.6. The summed E-state index contributed by atoms with van der Waals surface area (Å²) in [6, 6.07) is 2.64. The molecule has 6 heteroatoms. The average Bonchev–Trinajstić information content (AvgIpc) is 2.25. The second kappa shape index (κ2) is 5.95. The van der Waals surface area contributed by atoms with E-state index in [1.165, 1.54) is 6.20 Å². The van der Waals surface area contributed by atoms with Crippen molar-refractivity contribution < 1.29 is 14.3 Å². The number of pyridine rings is 1. The third-order valence-electron chi connectivity index (χ3n) is 1.92. The summed E-state index contributed by atoms with van der Waals surface area (Å²) >= 11 is 3.20. The minimum Gasteiger partial charge on any atom is -0.444 e. The summed E-state index contributed by atoms with van der Waals surface area (Å²) in [5.74, 6) is 0. The van der Waals surface area contributed by atoms with Gasteiger partial charge in [-0.15, -0.1) is 0 Å². The Kier molecular flexibility index (Phi) is 4.84. The van der Waals surface area contributed by atoms with Crippen molar-refractivity contribution >= 4 is 28.3 Å². The molecule has 5 nitrogen and oxygen atoms in total. The Balaban J connectivity index is 2.71. The van der Waals surface area contributed by atoms with E-state index in [0.29, 0.717) is 16.5 Å². The van der Waals surface area contributed by atoms with Crippen molar-refractivity contribution in [2.75, 3.05) is 0 Å². The first-order chi connectivity index (χ1) is 8.31. The Morgan fingerprint density at radius 3 is 2.61 bits per heavy atom. The van der Waals surface area contributed by atoms with Gasteiger partial charge in [0.15, 0.2) is 0 Å². The fraction of sp³-hybridized carbons (Fsp3) is 0.417. The Morgan fingerprint density at radius 2 is 2.17 bits per heavy atom. The van der Waals surface area contributed by atoms with Crippen molar-refractivity contribution in [1.82, 2.24) is 10.3 Å². The van der Waals surface area contributed by atoms with Gasteiger partial charge >= 0.3 is 6.09 Å². The molecule has 0 aromatic carbocycles. The first-order valence-electron chi connectivity index (χ1n) is 5.38. The Labute approximate surface area is 114 Å². The number of amides is 1. The maximum Gasteiger partial charge on any atom is 0.408 e. The lowest BCUT2D eigenvalue weighted by Crippen LogP contribution is -2.35. The van der Waals surface area contributed by atoms with Gasteiger partial charge in [-0.3, -0.25) is 0 Å². The highest BCUT2D eigenvalue weighted by atomic mass is 79.9. The van der Waals surface area contributed by atoms with Gasteiger partial charge in [0, 0.05) is 11.8 Å². The van der Waals surface area contributed by atoms with Crippen LogP contribution in [0.3, 0.4) is 0 Å². The van der Waals surface area contributed by atoms with Crippen molar-refractivity contribution in [3.05, 3.63) is 28.5 Å². The molecule has 0 saturated carbocycles. The lowest BCUT2D eigenvalue weighted by Gasteiger charge is -2.21. The molecule has 0 saturated heterocycles. The van der Waals surface area contributed by atoms with E-state index in [9.17, 15) is 9.59 Å². The van der Waals surface area contributed by atoms with E-state index in [0.717, 1.165) is 0 Å². The predicted octanol–water partition coefficient (Wildman–Crippen LogP) is 2.61. The van der Waals surface area contributed by atoms with Gasteiger partial charge < -0.3 is 14.8 Å². The van der Waals surface area contributed by atoms with E-state index in [2.05, 4.69) is 26.2 Å². The molecule has 0 spiro atoms. The Hall–Kier alpha value is -1.43. The highest BCUT2D eigenvalue weighted by Gasteiger charge is 2.20. The van der Waals surface area contributed by atoms with Crippen LogP contribution in [0.4, 0.5) is 4.79 Å². The number of hydrogen-bond donors (Lipinski definition) is 1. The lowest BCUT2D eigenvalue weighted by molar-refractivity contribution is -0.109. The number of aldehydes is 1. The quantitative estimate of drug-likeness (QED) is 0.688. The molecule has 0 radical (unpaired) electrons. The molecule has 1 unspecified atom stereocenters. The number of ether oxygens (including phenoxy) is 1. The number of rotatable bonds is 3. The van der Waals surface area contributed by atoms with Gasteiger partial charge in [0.25, 0.3) is 0 Å². The molecule has 1 atom stereocenters. The summed E-state index contributed by atoms with van der Waals surface area (Å²) in [5, 5.41) is 2.47. The fourth-order valence-electron chi connectivity index (χ4n) is 1.20. The van der Waals surface area contributed by atoms with E-state index in [-0.39, 0.29) is 0 Å². The van der Waals surface area contributed by atoms with Crippen LogP contribution in [-0.4, -0.2) is 23.0 Å². The van der Waals surface area contributed by atoms with E-state index in [4.69, 9.17) is 4.74 Å². The summed E-state index contributed by atoms with van der Waals surface area (Å²) in [7, 11) is 0. The van der Waals surface area contributed by atoms with Crippen LogP contribution in [0.2, 0.25) is 0 Å². The largest absolute Gasteiger partial charge is 0.444 e. The summed E-state index contributed by atoms with van der Waals surface area (Å²) in [4.78, 5) is 26.5. The van der Waals surface area contributed by atoms with Gasteiger partial charge in [-0.25, -0.2) is 9.78 Å². The molecule has 1 aromatic heterocycles. The second-order valence-electron chi connectivity index (χ2n) is 4.67. The number of carbonyl (C=O) groups is 2. The molecule has 0 bridgehead atoms. The van der Waals surface area contributed by atoms with Crippen LogP contribution in [0.15, 0.2) is 22.9 Å². The Morgan fingerprint density at radius 1 is 1.50 bits per heavy atom. The van der Waals surface area contributed by atoms with Crippen LogP contribution in [0.1, 0.15) is 32.4 Å². The number of hydrogen-bond acceptors (Lipinski definition) is 4. The minimum absolute atomic E-state index is 0.596. The van der Waals surface area contributed by atoms with E-state index in [1.807, 2.05) is 0 Å². The molecule has 1 N–H and O–H groups in total. The van der Waals surface area contributed by atoms with Crippen LogP contribution in [-0.2, 0) is 9.53 Å². The molecule has 0 aliphatic heterocycles. The molecule has 1 heterocycles. The number of alkyl carbamates (subject to hydrolysis) is 1. The number of nitrogens with one attached hydrogen (secondary N) is 1. The van der Waals surface area contributed by atoms with Gasteiger partial charge in [-0.05, 0) is 42.8 Å². The third kappa shape index (κ3) is 4.83. The molecule has 1 amide bonds. The SMILES string of the molecule is CC(C)(C)OC(=O)NC(C=O)c1ccc(Br)nc1. The Bertz CT molecular complexity index is 426. The topological polar surface area (TPSA) is 68.3 Å². The maximum atomic E-state index is 11.5. The number of nitrogens with zero attached hydrogens (tertiary/aromatic N) is 1. The van der Waals surface area contributed by atoms with Gasteiger partial charge in [-0.1, -0.05) is 6.07 Å². The molecule has 98 valence electrons. The second-order valence-corrected chi connectivity index (χ2v) is 5.49. The molecule has 18 heavy (non-hydrogen) atoms. The number of carbonyl (C=O) groups excluding carboxylic acids is 2. The molecular formula is C12H15BrN2O3. The summed E-state index contributed by atoms with van der Waals surface area (Å²) < 4.78 is 5.74. The smallest absolute Gasteiger partial charge is 0.408 e. The monoisotopic (exact) mass is 314 g/mol. The molecule has 0 fully saturated rings. The third-order valence-corrected chi connectivity index (χ3v) is 2.39. The lowest BCUT2D eigenvalue weighted by atomic mass is 10.1. The minimum atomic E-state index is -0.763. The highest BCUT2D eigenvalue weighted by Crippen LogP contribution is 2.14. The normalized spacial score (nSPS) is 12.7. The standard InChI is InChI=1S/C12H15BrN2O3/c1-12(2,3)18-11(17)15-9(7-16)8-4-5-10(13)14-6-8/h4-7,9H,1-3H3,(H,15,17). The van der Waals surface area contributed by atoms with Gasteiger partial charge in [-0.2, -0.15) is 0 Å². The fourth-order valence-corrected chi connectivity index (χ4v) is 1.44. The number of halogens is 1. The molecule has 0 aliphatic carbocycles. The highest BCUT2D eigenvalue weighted by molar-refractivity contribution is 9.10. The van der Waals surface area contributed by atoms with Crippen molar-refractivity contribution in [3.63, 3.8) is 0 Å². The van der Waals surface area contributed by atoms with E-state index in [1.54, 1.807) is 32.9 Å². The maximum absolute atomic E-state index is 11.5. The van der Waals surface area contributed by atoms with Gasteiger partial charge in [0.2, 0.25) is 0 Å². The number of aromatic nitrogens is 1. The summed E-state index contributed by atoms with van der Waals surface area (Å²) in [6.07, 6.45) is 1.51. The van der Waals surface area contributed by atoms with Gasteiger partial charge in [0.1, 0.15) is 22.5 Å². The van der Waals surface area contributed by atoms with Crippen LogP contribution < -0.4 is 5.32 Å². The molecular weight excluding hydrogens is 300 g/mol. The molecule has 1 rings (SSSR count). The zero-order chi connectivity index (χ0) is 13.8. The van der Waals surface area contributed by atoms with Crippen molar-refractivity contribution in [3.8, 4) is 0 Å². The van der Waals surface area contributed by atoms with Crippen molar-refractivity contribution in [2.45, 2.75) is 32.4 Å². The first-order valence-corrected chi connectivity index (χ1v) is 6.17. The van der Waals surface area contributed by atoms with E-state index >= 15 is 0 Å². The summed E-state index contributed by atoms with van der Waals surface area (Å²) in [6.45, 7) is 5.26. The zero-order valence-corrected chi connectivity index (χ0v) is 12.0. The van der Waals surface area contributed by atoms with Crippen LogP contribution in [0.5, 0.6) is 0 Å². The van der Waals surface area contributed by atoms with Crippen LogP contribution in [0.25, 0.3) is 0 Å². The van der Waals surface area contributed by atoms with E-state index < -0.39 is 17.7 Å². The predicted molar refractivity (Wildman–Crippen MR) is 70.1 cm³/mol. The van der Waals surface area contributed by atoms with Crippen molar-refractivity contribution in [2.24, 2.45) is 0 Å². The summed E-state index contributed by atoms with van der Waals surface area (Å²) in [5.41, 5.74) is -0.00535. The van der Waals surface area contributed by atoms with Crippen LogP contribution >= 0.6 is 15.9 Å². The molecule has 0 aliphatic rings. The average molecular weight is 315 g/mol. The molecule has 1 aromatic rings. The van der Waals surface area contributed by atoms with Gasteiger partial charge in [0.05, 0.1) is 0 Å². The van der Waals surface area contributed by atoms with Crippen LogP contribution in [0, 0.1) is 0 Å². The zero-order valence-electron chi connectivity index (χ0n) is 10.4. The van der Waals surface area contributed by atoms with Crippen molar-refractivity contribution in [1.29, 1.82) is 0 Å².